The van der Waals surface area contributed by atoms with Crippen molar-refractivity contribution >= 4 is 35.2 Å². The van der Waals surface area contributed by atoms with E-state index in [1.165, 1.54) is 36.4 Å². The number of carbonyl (C=O) groups is 3. The minimum atomic E-state index is -0.812. The standard InChI is InChI=1S/C23H15N3O6/c27-21-18(22(28)25(24-21)17-11-5-2-6-12-17)14-16-10-7-13-19(26(30)31)20(16)32-23(29)15-8-3-1-4-9-15/h1-14H,(H,24,27)/b18-14-. The van der Waals surface area contributed by atoms with Gasteiger partial charge in [-0.2, -0.15) is 0 Å². The molecular formula is C23H15N3O6. The zero-order valence-electron chi connectivity index (χ0n) is 16.4. The molecule has 0 bridgehead atoms. The van der Waals surface area contributed by atoms with E-state index in [4.69, 9.17) is 4.74 Å². The minimum absolute atomic E-state index is 0.0388. The molecule has 9 heteroatoms. The molecule has 1 aliphatic heterocycles. The van der Waals surface area contributed by atoms with Crippen LogP contribution in [0.2, 0.25) is 0 Å². The van der Waals surface area contributed by atoms with Crippen molar-refractivity contribution in [2.75, 3.05) is 5.01 Å². The molecular weight excluding hydrogens is 414 g/mol. The van der Waals surface area contributed by atoms with Crippen LogP contribution in [-0.4, -0.2) is 22.7 Å². The van der Waals surface area contributed by atoms with Gasteiger partial charge in [0, 0.05) is 11.6 Å². The number of ether oxygens (including phenoxy) is 1. The smallest absolute Gasteiger partial charge is 0.343 e. The quantitative estimate of drug-likeness (QED) is 0.166. The number of hydrogen-bond acceptors (Lipinski definition) is 6. The number of nitro groups is 1. The second kappa shape index (κ2) is 8.52. The van der Waals surface area contributed by atoms with Gasteiger partial charge in [0.25, 0.3) is 11.8 Å². The zero-order chi connectivity index (χ0) is 22.7. The molecule has 0 spiro atoms. The van der Waals surface area contributed by atoms with Crippen molar-refractivity contribution in [3.05, 3.63) is 106 Å². The Labute approximate surface area is 181 Å². The van der Waals surface area contributed by atoms with Crippen LogP contribution in [0.5, 0.6) is 5.75 Å². The van der Waals surface area contributed by atoms with E-state index in [0.717, 1.165) is 5.01 Å². The Bertz CT molecular complexity index is 1260. The van der Waals surface area contributed by atoms with Gasteiger partial charge in [-0.25, -0.2) is 9.80 Å². The summed E-state index contributed by atoms with van der Waals surface area (Å²) in [5.41, 5.74) is 2.39. The Morgan fingerprint density at radius 1 is 0.938 bits per heavy atom. The predicted molar refractivity (Wildman–Crippen MR) is 115 cm³/mol. The van der Waals surface area contributed by atoms with E-state index < -0.39 is 28.4 Å². The Morgan fingerprint density at radius 3 is 2.25 bits per heavy atom. The van der Waals surface area contributed by atoms with Gasteiger partial charge in [0.2, 0.25) is 5.75 Å². The van der Waals surface area contributed by atoms with Crippen LogP contribution in [0, 0.1) is 10.1 Å². The number of nitro benzene ring substituents is 1. The average molecular weight is 429 g/mol. The summed E-state index contributed by atoms with van der Waals surface area (Å²) in [5.74, 6) is -2.51. The number of rotatable bonds is 5. The molecule has 4 rings (SSSR count). The fraction of sp³-hybridized carbons (Fsp3) is 0. The molecule has 1 heterocycles. The number of nitrogens with one attached hydrogen (secondary N) is 1. The van der Waals surface area contributed by atoms with Crippen LogP contribution in [0.1, 0.15) is 15.9 Å². The van der Waals surface area contributed by atoms with E-state index in [0.29, 0.717) is 5.69 Å². The summed E-state index contributed by atoms with van der Waals surface area (Å²) in [7, 11) is 0. The Kier molecular flexibility index (Phi) is 5.45. The van der Waals surface area contributed by atoms with Gasteiger partial charge in [-0.1, -0.05) is 48.5 Å². The van der Waals surface area contributed by atoms with Crippen molar-refractivity contribution in [2.24, 2.45) is 0 Å². The molecule has 0 saturated carbocycles. The van der Waals surface area contributed by atoms with E-state index in [1.807, 2.05) is 0 Å². The van der Waals surface area contributed by atoms with Gasteiger partial charge < -0.3 is 4.74 Å². The van der Waals surface area contributed by atoms with Crippen LogP contribution in [0.25, 0.3) is 6.08 Å². The molecule has 0 unspecified atom stereocenters. The third kappa shape index (κ3) is 3.94. The molecule has 2 amide bonds. The number of carbonyl (C=O) groups excluding carboxylic acids is 3. The molecule has 1 N–H and O–H groups in total. The van der Waals surface area contributed by atoms with Crippen molar-refractivity contribution in [3.8, 4) is 5.75 Å². The molecule has 1 fully saturated rings. The van der Waals surface area contributed by atoms with Gasteiger partial charge in [0.15, 0.2) is 0 Å². The zero-order valence-corrected chi connectivity index (χ0v) is 16.4. The molecule has 9 nitrogen and oxygen atoms in total. The lowest BCUT2D eigenvalue weighted by Crippen LogP contribution is -2.35. The number of anilines is 1. The van der Waals surface area contributed by atoms with Gasteiger partial charge in [-0.15, -0.1) is 0 Å². The van der Waals surface area contributed by atoms with Crippen molar-refractivity contribution in [3.63, 3.8) is 0 Å². The number of amides is 2. The van der Waals surface area contributed by atoms with Crippen LogP contribution in [0.15, 0.2) is 84.4 Å². The lowest BCUT2D eigenvalue weighted by molar-refractivity contribution is -0.385. The summed E-state index contributed by atoms with van der Waals surface area (Å²) in [5, 5.41) is 12.6. The first-order valence-electron chi connectivity index (χ1n) is 9.42. The first kappa shape index (κ1) is 20.5. The van der Waals surface area contributed by atoms with E-state index in [2.05, 4.69) is 5.43 Å². The van der Waals surface area contributed by atoms with E-state index in [9.17, 15) is 24.5 Å². The first-order valence-corrected chi connectivity index (χ1v) is 9.42. The maximum Gasteiger partial charge on any atom is 0.343 e. The maximum absolute atomic E-state index is 12.8. The van der Waals surface area contributed by atoms with Crippen molar-refractivity contribution in [1.82, 2.24) is 5.43 Å². The summed E-state index contributed by atoms with van der Waals surface area (Å²) in [6, 6.07) is 20.4. The summed E-state index contributed by atoms with van der Waals surface area (Å²) in [6.45, 7) is 0. The first-order chi connectivity index (χ1) is 15.5. The molecule has 0 atom stereocenters. The average Bonchev–Trinajstić information content (AvgIpc) is 3.09. The Hall–Kier alpha value is -4.79. The SMILES string of the molecule is O=C1NN(c2ccccc2)C(=O)/C1=C\c1cccc([N+](=O)[O-])c1OC(=O)c1ccccc1. The number of hydrazine groups is 1. The third-order valence-electron chi connectivity index (χ3n) is 4.63. The second-order valence-corrected chi connectivity index (χ2v) is 6.68. The predicted octanol–water partition coefficient (Wildman–Crippen LogP) is 3.28. The summed E-state index contributed by atoms with van der Waals surface area (Å²) in [6.07, 6.45) is 1.17. The number of benzene rings is 3. The second-order valence-electron chi connectivity index (χ2n) is 6.68. The van der Waals surface area contributed by atoms with Crippen LogP contribution in [0.4, 0.5) is 11.4 Å². The highest BCUT2D eigenvalue weighted by atomic mass is 16.6. The number of esters is 1. The molecule has 1 aliphatic rings. The summed E-state index contributed by atoms with van der Waals surface area (Å²) in [4.78, 5) is 48.6. The topological polar surface area (TPSA) is 119 Å². The van der Waals surface area contributed by atoms with Crippen molar-refractivity contribution in [1.29, 1.82) is 0 Å². The largest absolute Gasteiger partial charge is 0.415 e. The van der Waals surface area contributed by atoms with E-state index in [-0.39, 0.29) is 22.4 Å². The fourth-order valence-electron chi connectivity index (χ4n) is 3.11. The van der Waals surface area contributed by atoms with Crippen molar-refractivity contribution in [2.45, 2.75) is 0 Å². The molecule has 0 radical (unpaired) electrons. The van der Waals surface area contributed by atoms with Gasteiger partial charge >= 0.3 is 11.7 Å². The number of para-hydroxylation sites is 2. The maximum atomic E-state index is 12.8. The van der Waals surface area contributed by atoms with Gasteiger partial charge in [-0.05, 0) is 30.3 Å². The summed E-state index contributed by atoms with van der Waals surface area (Å²) < 4.78 is 5.33. The fourth-order valence-corrected chi connectivity index (χ4v) is 3.11. The third-order valence-corrected chi connectivity index (χ3v) is 4.63. The molecule has 3 aromatic carbocycles. The molecule has 3 aromatic rings. The molecule has 1 saturated heterocycles. The lowest BCUT2D eigenvalue weighted by atomic mass is 10.1. The molecule has 0 aromatic heterocycles. The van der Waals surface area contributed by atoms with Crippen LogP contribution in [-0.2, 0) is 9.59 Å². The minimum Gasteiger partial charge on any atom is -0.415 e. The Balaban J connectivity index is 1.74. The highest BCUT2D eigenvalue weighted by molar-refractivity contribution is 6.31. The monoisotopic (exact) mass is 429 g/mol. The molecule has 158 valence electrons. The van der Waals surface area contributed by atoms with Gasteiger partial charge in [-0.3, -0.25) is 25.1 Å². The lowest BCUT2D eigenvalue weighted by Gasteiger charge is -2.13. The van der Waals surface area contributed by atoms with E-state index in [1.54, 1.807) is 48.5 Å². The van der Waals surface area contributed by atoms with Crippen LogP contribution < -0.4 is 15.2 Å². The normalized spacial score (nSPS) is 14.4. The highest BCUT2D eigenvalue weighted by Gasteiger charge is 2.35. The Morgan fingerprint density at radius 2 is 1.59 bits per heavy atom. The molecule has 32 heavy (non-hydrogen) atoms. The molecule has 0 aliphatic carbocycles. The number of nitrogens with zero attached hydrogens (tertiary/aromatic N) is 2. The van der Waals surface area contributed by atoms with Gasteiger partial charge in [0.05, 0.1) is 16.2 Å². The number of hydrogen-bond donors (Lipinski definition) is 1. The van der Waals surface area contributed by atoms with Crippen molar-refractivity contribution < 1.29 is 24.0 Å². The van der Waals surface area contributed by atoms with Crippen LogP contribution >= 0.6 is 0 Å². The van der Waals surface area contributed by atoms with Gasteiger partial charge in [0.1, 0.15) is 5.57 Å². The van der Waals surface area contributed by atoms with Crippen LogP contribution in [0.3, 0.4) is 0 Å². The highest BCUT2D eigenvalue weighted by Crippen LogP contribution is 2.34. The van der Waals surface area contributed by atoms with E-state index >= 15 is 0 Å². The summed E-state index contributed by atoms with van der Waals surface area (Å²) >= 11 is 0.